The van der Waals surface area contributed by atoms with Crippen molar-refractivity contribution < 1.29 is 39.5 Å². The SMILES string of the molecule is O=C([O-])c1ccnc(Cl)c1.[Na+]. The van der Waals surface area contributed by atoms with Crippen molar-refractivity contribution in [1.29, 1.82) is 0 Å². The van der Waals surface area contributed by atoms with Gasteiger partial charge in [-0.3, -0.25) is 0 Å². The predicted octanol–water partition coefficient (Wildman–Crippen LogP) is -2.90. The average Bonchev–Trinajstić information content (AvgIpc) is 1.88. The number of carboxylic acids is 1. The molecule has 5 heteroatoms. The van der Waals surface area contributed by atoms with Crippen LogP contribution in [-0.4, -0.2) is 11.0 Å². The molecule has 0 aliphatic rings. The van der Waals surface area contributed by atoms with Crippen molar-refractivity contribution in [2.75, 3.05) is 0 Å². The Morgan fingerprint density at radius 2 is 2.27 bits per heavy atom. The van der Waals surface area contributed by atoms with E-state index in [0.29, 0.717) is 0 Å². The van der Waals surface area contributed by atoms with Crippen LogP contribution in [0.3, 0.4) is 0 Å². The molecule has 0 saturated heterocycles. The van der Waals surface area contributed by atoms with Crippen molar-refractivity contribution in [2.24, 2.45) is 0 Å². The third kappa shape index (κ3) is 3.20. The second-order valence-electron chi connectivity index (χ2n) is 1.65. The van der Waals surface area contributed by atoms with Gasteiger partial charge in [0.05, 0.1) is 5.97 Å². The second-order valence-corrected chi connectivity index (χ2v) is 2.04. The first kappa shape index (κ1) is 10.9. The fraction of sp³-hybridized carbons (Fsp3) is 0. The van der Waals surface area contributed by atoms with Crippen LogP contribution in [0.5, 0.6) is 0 Å². The molecule has 0 unspecified atom stereocenters. The van der Waals surface area contributed by atoms with Crippen LogP contribution < -0.4 is 34.7 Å². The van der Waals surface area contributed by atoms with Crippen LogP contribution >= 0.6 is 11.6 Å². The zero-order chi connectivity index (χ0) is 7.56. The number of carbonyl (C=O) groups is 1. The van der Waals surface area contributed by atoms with Crippen molar-refractivity contribution in [3.8, 4) is 0 Å². The van der Waals surface area contributed by atoms with E-state index in [2.05, 4.69) is 4.98 Å². The molecule has 0 fully saturated rings. The van der Waals surface area contributed by atoms with Gasteiger partial charge in [0.15, 0.2) is 0 Å². The molecule has 0 aliphatic carbocycles. The molecule has 52 valence electrons. The van der Waals surface area contributed by atoms with Crippen molar-refractivity contribution in [2.45, 2.75) is 0 Å². The molecule has 1 aromatic heterocycles. The minimum atomic E-state index is -1.25. The molecule has 0 bridgehead atoms. The number of pyridine rings is 1. The molecule has 0 aromatic carbocycles. The zero-order valence-corrected chi connectivity index (χ0v) is 8.63. The molecule has 11 heavy (non-hydrogen) atoms. The Balaban J connectivity index is 0.000001000. The molecular formula is C6H3ClNNaO2. The molecular weight excluding hydrogens is 177 g/mol. The Morgan fingerprint density at radius 1 is 1.64 bits per heavy atom. The van der Waals surface area contributed by atoms with Gasteiger partial charge < -0.3 is 9.90 Å². The standard InChI is InChI=1S/C6H4ClNO2.Na/c7-5-3-4(6(9)10)1-2-8-5;/h1-3H,(H,9,10);/q;+1/p-1. The van der Waals surface area contributed by atoms with E-state index in [0.717, 1.165) is 0 Å². The number of carbonyl (C=O) groups excluding carboxylic acids is 1. The van der Waals surface area contributed by atoms with E-state index in [1.165, 1.54) is 18.3 Å². The number of rotatable bonds is 1. The van der Waals surface area contributed by atoms with Crippen molar-refractivity contribution in [3.63, 3.8) is 0 Å². The number of nitrogens with zero attached hydrogens (tertiary/aromatic N) is 1. The summed E-state index contributed by atoms with van der Waals surface area (Å²) in [5.41, 5.74) is 0.0417. The van der Waals surface area contributed by atoms with Gasteiger partial charge in [-0.2, -0.15) is 0 Å². The summed E-state index contributed by atoms with van der Waals surface area (Å²) < 4.78 is 0. The van der Waals surface area contributed by atoms with Crippen molar-refractivity contribution in [3.05, 3.63) is 29.0 Å². The molecule has 1 aromatic rings. The maximum atomic E-state index is 10.2. The topological polar surface area (TPSA) is 53.0 Å². The number of aromatic carboxylic acids is 1. The number of halogens is 1. The van der Waals surface area contributed by atoms with Gasteiger partial charge >= 0.3 is 29.6 Å². The Hall–Kier alpha value is -0.0900. The van der Waals surface area contributed by atoms with E-state index >= 15 is 0 Å². The Morgan fingerprint density at radius 3 is 2.64 bits per heavy atom. The Bertz CT molecular complexity index is 267. The molecule has 0 aliphatic heterocycles. The van der Waals surface area contributed by atoms with Crippen molar-refractivity contribution in [1.82, 2.24) is 4.98 Å². The molecule has 1 heterocycles. The fourth-order valence-corrected chi connectivity index (χ4v) is 0.703. The molecule has 0 saturated carbocycles. The van der Waals surface area contributed by atoms with Gasteiger partial charge in [0.25, 0.3) is 0 Å². The number of aromatic nitrogens is 1. The normalized spacial score (nSPS) is 8.45. The maximum Gasteiger partial charge on any atom is 1.00 e. The minimum absolute atomic E-state index is 0. The molecule has 0 amide bonds. The summed E-state index contributed by atoms with van der Waals surface area (Å²) in [6.45, 7) is 0. The summed E-state index contributed by atoms with van der Waals surface area (Å²) in [5, 5.41) is 10.3. The van der Waals surface area contributed by atoms with Gasteiger partial charge in [-0.15, -0.1) is 0 Å². The summed E-state index contributed by atoms with van der Waals surface area (Å²) in [6.07, 6.45) is 1.31. The third-order valence-corrected chi connectivity index (χ3v) is 1.17. The van der Waals surface area contributed by atoms with Gasteiger partial charge in [-0.05, 0) is 12.1 Å². The van der Waals surface area contributed by atoms with E-state index in [9.17, 15) is 9.90 Å². The van der Waals surface area contributed by atoms with E-state index in [1.54, 1.807) is 0 Å². The van der Waals surface area contributed by atoms with Gasteiger partial charge in [-0.1, -0.05) is 11.6 Å². The van der Waals surface area contributed by atoms with Crippen LogP contribution in [0.25, 0.3) is 0 Å². The average molecular weight is 180 g/mol. The van der Waals surface area contributed by atoms with Gasteiger partial charge in [0.2, 0.25) is 0 Å². The van der Waals surface area contributed by atoms with Crippen LogP contribution in [-0.2, 0) is 0 Å². The van der Waals surface area contributed by atoms with E-state index in [-0.39, 0.29) is 40.3 Å². The van der Waals surface area contributed by atoms with Crippen molar-refractivity contribution >= 4 is 17.6 Å². The molecule has 1 rings (SSSR count). The van der Waals surface area contributed by atoms with Gasteiger partial charge in [-0.25, -0.2) is 4.98 Å². The molecule has 3 nitrogen and oxygen atoms in total. The number of hydrogen-bond donors (Lipinski definition) is 0. The Kier molecular flexibility index (Phi) is 4.68. The summed E-state index contributed by atoms with van der Waals surface area (Å²) in [6, 6.07) is 2.55. The summed E-state index contributed by atoms with van der Waals surface area (Å²) >= 11 is 5.39. The van der Waals surface area contributed by atoms with Gasteiger partial charge in [0.1, 0.15) is 5.15 Å². The first-order valence-electron chi connectivity index (χ1n) is 2.53. The molecule has 0 N–H and O–H groups in total. The smallest absolute Gasteiger partial charge is 0.545 e. The Labute approximate surface area is 90.7 Å². The maximum absolute atomic E-state index is 10.2. The molecule has 0 radical (unpaired) electrons. The summed E-state index contributed by atoms with van der Waals surface area (Å²) in [7, 11) is 0. The van der Waals surface area contributed by atoms with Crippen LogP contribution in [0.15, 0.2) is 18.3 Å². The first-order chi connectivity index (χ1) is 4.70. The minimum Gasteiger partial charge on any atom is -0.545 e. The molecule has 0 atom stereocenters. The van der Waals surface area contributed by atoms with E-state index in [4.69, 9.17) is 11.6 Å². The van der Waals surface area contributed by atoms with Gasteiger partial charge in [0, 0.05) is 11.8 Å². The third-order valence-electron chi connectivity index (χ3n) is 0.962. The number of carboxylic acid groups (broad SMARTS) is 1. The summed E-state index contributed by atoms with van der Waals surface area (Å²) in [4.78, 5) is 13.8. The zero-order valence-electron chi connectivity index (χ0n) is 5.87. The van der Waals surface area contributed by atoms with E-state index < -0.39 is 5.97 Å². The quantitative estimate of drug-likeness (QED) is 0.343. The monoisotopic (exact) mass is 179 g/mol. The second kappa shape index (κ2) is 4.72. The largest absolute Gasteiger partial charge is 1.00 e. The van der Waals surface area contributed by atoms with Crippen LogP contribution in [0.4, 0.5) is 0 Å². The predicted molar refractivity (Wildman–Crippen MR) is 33.6 cm³/mol. The summed E-state index contributed by atoms with van der Waals surface area (Å²) in [5.74, 6) is -1.25. The molecule has 0 spiro atoms. The van der Waals surface area contributed by atoms with Crippen LogP contribution in [0, 0.1) is 0 Å². The van der Waals surface area contributed by atoms with Crippen LogP contribution in [0.2, 0.25) is 5.15 Å². The van der Waals surface area contributed by atoms with Crippen LogP contribution in [0.1, 0.15) is 10.4 Å². The first-order valence-corrected chi connectivity index (χ1v) is 2.91. The van der Waals surface area contributed by atoms with E-state index in [1.807, 2.05) is 0 Å². The number of hydrogen-bond acceptors (Lipinski definition) is 3. The fourth-order valence-electron chi connectivity index (χ4n) is 0.529.